The van der Waals surface area contributed by atoms with Crippen LogP contribution >= 0.6 is 0 Å². The summed E-state index contributed by atoms with van der Waals surface area (Å²) in [5.74, 6) is -0.368. The van der Waals surface area contributed by atoms with Crippen molar-refractivity contribution in [3.63, 3.8) is 0 Å². The summed E-state index contributed by atoms with van der Waals surface area (Å²) >= 11 is 0. The summed E-state index contributed by atoms with van der Waals surface area (Å²) < 4.78 is 4.89. The van der Waals surface area contributed by atoms with Crippen LogP contribution in [0.15, 0.2) is 0 Å². The molecule has 0 spiro atoms. The minimum atomic E-state index is -1.30. The molecule has 0 aromatic carbocycles. The topological polar surface area (TPSA) is 99.0 Å². The van der Waals surface area contributed by atoms with E-state index in [2.05, 4.69) is 5.32 Å². The van der Waals surface area contributed by atoms with Crippen molar-refractivity contribution in [2.45, 2.75) is 31.5 Å². The van der Waals surface area contributed by atoms with Gasteiger partial charge in [-0.05, 0) is 0 Å². The normalized spacial score (nSPS) is 40.0. The number of hydrogen-bond donors (Lipinski definition) is 4. The Balaban J connectivity index is 2.53. The summed E-state index contributed by atoms with van der Waals surface area (Å²) in [7, 11) is 0. The molecule has 0 radical (unpaired) electrons. The predicted octanol–water partition coefficient (Wildman–Crippen LogP) is -2.44. The molecule has 4 N–H and O–H groups in total. The Morgan fingerprint density at radius 3 is 2.54 bits per heavy atom. The Kier molecular flexibility index (Phi) is 3.21. The summed E-state index contributed by atoms with van der Waals surface area (Å²) in [6, 6.07) is 0. The van der Waals surface area contributed by atoms with Crippen LogP contribution in [-0.2, 0) is 9.53 Å². The van der Waals surface area contributed by atoms with Crippen molar-refractivity contribution >= 4 is 5.91 Å². The van der Waals surface area contributed by atoms with Crippen LogP contribution in [-0.4, -0.2) is 52.4 Å². The van der Waals surface area contributed by atoms with Gasteiger partial charge in [-0.25, -0.2) is 0 Å². The number of nitrogens with one attached hydrogen (secondary N) is 1. The van der Waals surface area contributed by atoms with E-state index in [0.717, 1.165) is 0 Å². The first-order chi connectivity index (χ1) is 6.02. The molecule has 0 aliphatic carbocycles. The summed E-state index contributed by atoms with van der Waals surface area (Å²) in [4.78, 5) is 10.6. The van der Waals surface area contributed by atoms with Crippen LogP contribution in [0.25, 0.3) is 0 Å². The van der Waals surface area contributed by atoms with Crippen molar-refractivity contribution in [2.24, 2.45) is 0 Å². The van der Waals surface area contributed by atoms with Crippen LogP contribution in [0.2, 0.25) is 0 Å². The Labute approximate surface area is 75.1 Å². The average Bonchev–Trinajstić information content (AvgIpc) is 2.06. The molecule has 6 nitrogen and oxygen atoms in total. The highest BCUT2D eigenvalue weighted by Crippen LogP contribution is 2.13. The van der Waals surface area contributed by atoms with Gasteiger partial charge >= 0.3 is 0 Å². The lowest BCUT2D eigenvalue weighted by molar-refractivity contribution is -0.196. The molecule has 1 fully saturated rings. The van der Waals surface area contributed by atoms with E-state index in [9.17, 15) is 15.0 Å². The summed E-state index contributed by atoms with van der Waals surface area (Å²) in [6.45, 7) is 1.16. The second-order valence-corrected chi connectivity index (χ2v) is 3.00. The zero-order chi connectivity index (χ0) is 10.0. The summed E-state index contributed by atoms with van der Waals surface area (Å²) in [6.07, 6.45) is -4.64. The second kappa shape index (κ2) is 4.01. The molecule has 0 aromatic rings. The Hall–Kier alpha value is -0.690. The molecule has 1 aliphatic rings. The van der Waals surface area contributed by atoms with Crippen molar-refractivity contribution in [1.29, 1.82) is 0 Å². The predicted molar refractivity (Wildman–Crippen MR) is 41.6 cm³/mol. The van der Waals surface area contributed by atoms with Gasteiger partial charge in [-0.15, -0.1) is 0 Å². The van der Waals surface area contributed by atoms with Gasteiger partial charge in [0, 0.05) is 6.92 Å². The quantitative estimate of drug-likeness (QED) is 0.369. The average molecular weight is 191 g/mol. The van der Waals surface area contributed by atoms with Crippen molar-refractivity contribution in [3.05, 3.63) is 0 Å². The SMILES string of the molecule is CC(=O)N[C@H]1OC[C@@H](O)[C@@H](O)[C@@H]1O. The van der Waals surface area contributed by atoms with E-state index < -0.39 is 24.5 Å². The van der Waals surface area contributed by atoms with Gasteiger partial charge in [0.15, 0.2) is 6.23 Å². The molecule has 0 aromatic heterocycles. The van der Waals surface area contributed by atoms with Gasteiger partial charge in [0.1, 0.15) is 18.3 Å². The van der Waals surface area contributed by atoms with Crippen LogP contribution in [0.4, 0.5) is 0 Å². The van der Waals surface area contributed by atoms with E-state index in [1.165, 1.54) is 6.92 Å². The second-order valence-electron chi connectivity index (χ2n) is 3.00. The molecule has 6 heteroatoms. The minimum absolute atomic E-state index is 0.108. The van der Waals surface area contributed by atoms with Gasteiger partial charge in [-0.1, -0.05) is 0 Å². The maximum atomic E-state index is 10.6. The van der Waals surface area contributed by atoms with Crippen molar-refractivity contribution in [2.75, 3.05) is 6.61 Å². The zero-order valence-electron chi connectivity index (χ0n) is 7.17. The number of aliphatic hydroxyl groups excluding tert-OH is 3. The standard InChI is InChI=1S/C7H13NO5/c1-3(9)8-7-6(12)5(11)4(10)2-13-7/h4-7,10-12H,2H2,1H3,(H,8,9)/t4-,5-,6+,7+/m1/s1. The van der Waals surface area contributed by atoms with E-state index >= 15 is 0 Å². The molecule has 1 amide bonds. The first-order valence-electron chi connectivity index (χ1n) is 3.95. The lowest BCUT2D eigenvalue weighted by Gasteiger charge is -2.35. The van der Waals surface area contributed by atoms with E-state index in [1.54, 1.807) is 0 Å². The van der Waals surface area contributed by atoms with Gasteiger partial charge in [-0.3, -0.25) is 4.79 Å². The highest BCUT2D eigenvalue weighted by atomic mass is 16.5. The molecule has 1 heterocycles. The highest BCUT2D eigenvalue weighted by molar-refractivity contribution is 5.73. The molecule has 1 aliphatic heterocycles. The number of rotatable bonds is 1. The number of hydrogen-bond acceptors (Lipinski definition) is 5. The fourth-order valence-corrected chi connectivity index (χ4v) is 1.13. The molecule has 1 saturated heterocycles. The fraction of sp³-hybridized carbons (Fsp3) is 0.857. The van der Waals surface area contributed by atoms with Crippen LogP contribution in [0.3, 0.4) is 0 Å². The summed E-state index contributed by atoms with van der Waals surface area (Å²) in [5, 5.41) is 29.9. The fourth-order valence-electron chi connectivity index (χ4n) is 1.13. The third-order valence-corrected chi connectivity index (χ3v) is 1.85. The first-order valence-corrected chi connectivity index (χ1v) is 3.95. The zero-order valence-corrected chi connectivity index (χ0v) is 7.17. The van der Waals surface area contributed by atoms with E-state index in [-0.39, 0.29) is 12.5 Å². The van der Waals surface area contributed by atoms with E-state index in [1.807, 2.05) is 0 Å². The van der Waals surface area contributed by atoms with Crippen molar-refractivity contribution in [3.8, 4) is 0 Å². The molecular weight excluding hydrogens is 178 g/mol. The van der Waals surface area contributed by atoms with E-state index in [0.29, 0.717) is 0 Å². The largest absolute Gasteiger partial charge is 0.388 e. The minimum Gasteiger partial charge on any atom is -0.388 e. The summed E-state index contributed by atoms with van der Waals surface area (Å²) in [5.41, 5.74) is 0. The Bertz CT molecular complexity index is 197. The van der Waals surface area contributed by atoms with Gasteiger partial charge < -0.3 is 25.4 Å². The maximum absolute atomic E-state index is 10.6. The highest BCUT2D eigenvalue weighted by Gasteiger charge is 2.37. The molecule has 0 saturated carbocycles. The molecule has 1 rings (SSSR count). The molecule has 13 heavy (non-hydrogen) atoms. The van der Waals surface area contributed by atoms with Crippen molar-refractivity contribution in [1.82, 2.24) is 5.32 Å². The lowest BCUT2D eigenvalue weighted by atomic mass is 10.0. The van der Waals surface area contributed by atoms with Gasteiger partial charge in [0.05, 0.1) is 6.61 Å². The first kappa shape index (κ1) is 10.4. The molecule has 0 unspecified atom stereocenters. The maximum Gasteiger partial charge on any atom is 0.218 e. The number of ether oxygens (including phenoxy) is 1. The molecule has 0 bridgehead atoms. The molecule has 76 valence electrons. The monoisotopic (exact) mass is 191 g/mol. The number of aliphatic hydroxyl groups is 3. The molecular formula is C7H13NO5. The van der Waals surface area contributed by atoms with E-state index in [4.69, 9.17) is 9.84 Å². The number of carbonyl (C=O) groups excluding carboxylic acids is 1. The van der Waals surface area contributed by atoms with Crippen LogP contribution < -0.4 is 5.32 Å². The van der Waals surface area contributed by atoms with Gasteiger partial charge in [0.2, 0.25) is 5.91 Å². The van der Waals surface area contributed by atoms with Crippen LogP contribution in [0, 0.1) is 0 Å². The van der Waals surface area contributed by atoms with Crippen LogP contribution in [0.5, 0.6) is 0 Å². The third kappa shape index (κ3) is 2.38. The van der Waals surface area contributed by atoms with Gasteiger partial charge in [-0.2, -0.15) is 0 Å². The number of carbonyl (C=O) groups is 1. The lowest BCUT2D eigenvalue weighted by Crippen LogP contribution is -2.58. The van der Waals surface area contributed by atoms with Crippen LogP contribution in [0.1, 0.15) is 6.92 Å². The Morgan fingerprint density at radius 1 is 1.38 bits per heavy atom. The van der Waals surface area contributed by atoms with Gasteiger partial charge in [0.25, 0.3) is 0 Å². The third-order valence-electron chi connectivity index (χ3n) is 1.85. The Morgan fingerprint density at radius 2 is 2.00 bits per heavy atom. The van der Waals surface area contributed by atoms with Crippen molar-refractivity contribution < 1.29 is 24.9 Å². The molecule has 4 atom stereocenters. The smallest absolute Gasteiger partial charge is 0.218 e. The number of amides is 1.